The fourth-order valence-electron chi connectivity index (χ4n) is 1.64. The standard InChI is InChI=1S/C14H19N3O2S2/c1-14(2,3)15-9-12-16-17-13(20-12)10-6-5-7-11(8-10)21(4,18)19/h5-8,15H,9H2,1-4H3. The van der Waals surface area contributed by atoms with Gasteiger partial charge in [-0.2, -0.15) is 0 Å². The van der Waals surface area contributed by atoms with Gasteiger partial charge in [0.1, 0.15) is 10.0 Å². The normalized spacial score (nSPS) is 12.6. The zero-order valence-corrected chi connectivity index (χ0v) is 14.2. The van der Waals surface area contributed by atoms with Gasteiger partial charge in [0.2, 0.25) is 0 Å². The first-order valence-electron chi connectivity index (χ1n) is 6.53. The molecule has 0 aliphatic rings. The van der Waals surface area contributed by atoms with Gasteiger partial charge < -0.3 is 5.32 Å². The number of benzene rings is 1. The molecule has 114 valence electrons. The summed E-state index contributed by atoms with van der Waals surface area (Å²) in [5.74, 6) is 0. The van der Waals surface area contributed by atoms with Crippen LogP contribution in [0.25, 0.3) is 10.6 Å². The fourth-order valence-corrected chi connectivity index (χ4v) is 3.08. The summed E-state index contributed by atoms with van der Waals surface area (Å²) in [7, 11) is -3.21. The summed E-state index contributed by atoms with van der Waals surface area (Å²) in [6.07, 6.45) is 1.20. The summed E-state index contributed by atoms with van der Waals surface area (Å²) in [6, 6.07) is 6.79. The lowest BCUT2D eigenvalue weighted by Gasteiger charge is -2.19. The van der Waals surface area contributed by atoms with E-state index in [4.69, 9.17) is 0 Å². The minimum atomic E-state index is -3.21. The first kappa shape index (κ1) is 16.1. The molecule has 0 unspecified atom stereocenters. The molecule has 0 atom stereocenters. The van der Waals surface area contributed by atoms with Crippen LogP contribution >= 0.6 is 11.3 Å². The molecule has 0 saturated heterocycles. The summed E-state index contributed by atoms with van der Waals surface area (Å²) in [5, 5.41) is 13.2. The summed E-state index contributed by atoms with van der Waals surface area (Å²) in [4.78, 5) is 0.296. The third-order valence-corrected chi connectivity index (χ3v) is 4.83. The molecule has 0 aliphatic heterocycles. The molecule has 0 radical (unpaired) electrons. The van der Waals surface area contributed by atoms with E-state index >= 15 is 0 Å². The van der Waals surface area contributed by atoms with Gasteiger partial charge in [0.25, 0.3) is 0 Å². The van der Waals surface area contributed by atoms with E-state index in [0.29, 0.717) is 11.4 Å². The summed E-state index contributed by atoms with van der Waals surface area (Å²) >= 11 is 1.47. The summed E-state index contributed by atoms with van der Waals surface area (Å²) in [5.41, 5.74) is 0.791. The Kier molecular flexibility index (Phi) is 4.46. The topological polar surface area (TPSA) is 72.0 Å². The third kappa shape index (κ3) is 4.59. The van der Waals surface area contributed by atoms with Gasteiger partial charge in [-0.05, 0) is 32.9 Å². The Bertz CT molecular complexity index is 731. The van der Waals surface area contributed by atoms with Crippen molar-refractivity contribution in [3.63, 3.8) is 0 Å². The van der Waals surface area contributed by atoms with Crippen LogP contribution in [0.1, 0.15) is 25.8 Å². The van der Waals surface area contributed by atoms with Crippen molar-refractivity contribution in [3.05, 3.63) is 29.3 Å². The van der Waals surface area contributed by atoms with E-state index < -0.39 is 9.84 Å². The molecule has 1 heterocycles. The number of hydrogen-bond donors (Lipinski definition) is 1. The second-order valence-electron chi connectivity index (χ2n) is 5.90. The van der Waals surface area contributed by atoms with E-state index in [1.807, 2.05) is 6.07 Å². The number of aromatic nitrogens is 2. The van der Waals surface area contributed by atoms with E-state index in [1.54, 1.807) is 18.2 Å². The molecule has 0 saturated carbocycles. The number of hydrogen-bond acceptors (Lipinski definition) is 6. The molecule has 1 aromatic carbocycles. The van der Waals surface area contributed by atoms with Crippen LogP contribution in [0, 0.1) is 0 Å². The Hall–Kier alpha value is -1.31. The Labute approximate surface area is 129 Å². The van der Waals surface area contributed by atoms with Crippen molar-refractivity contribution in [2.45, 2.75) is 37.8 Å². The van der Waals surface area contributed by atoms with Crippen molar-refractivity contribution < 1.29 is 8.42 Å². The Morgan fingerprint density at radius 3 is 2.57 bits per heavy atom. The quantitative estimate of drug-likeness (QED) is 0.935. The van der Waals surface area contributed by atoms with Gasteiger partial charge >= 0.3 is 0 Å². The molecule has 1 N–H and O–H groups in total. The van der Waals surface area contributed by atoms with Gasteiger partial charge in [0.15, 0.2) is 9.84 Å². The van der Waals surface area contributed by atoms with Crippen molar-refractivity contribution in [1.29, 1.82) is 0 Å². The molecular weight excluding hydrogens is 306 g/mol. The lowest BCUT2D eigenvalue weighted by Crippen LogP contribution is -2.35. The first-order chi connectivity index (χ1) is 9.65. The van der Waals surface area contributed by atoms with Gasteiger partial charge in [0, 0.05) is 17.4 Å². The maximum absolute atomic E-state index is 11.6. The molecule has 0 aliphatic carbocycles. The largest absolute Gasteiger partial charge is 0.306 e. The van der Waals surface area contributed by atoms with Crippen LogP contribution in [0.2, 0.25) is 0 Å². The van der Waals surface area contributed by atoms with Gasteiger partial charge in [-0.1, -0.05) is 23.5 Å². The minimum Gasteiger partial charge on any atom is -0.306 e. The van der Waals surface area contributed by atoms with Crippen LogP contribution in [0.4, 0.5) is 0 Å². The van der Waals surface area contributed by atoms with Crippen LogP contribution in [0.15, 0.2) is 29.2 Å². The summed E-state index contributed by atoms with van der Waals surface area (Å²) < 4.78 is 23.2. The lowest BCUT2D eigenvalue weighted by atomic mass is 10.1. The Morgan fingerprint density at radius 1 is 1.24 bits per heavy atom. The second-order valence-corrected chi connectivity index (χ2v) is 8.98. The SMILES string of the molecule is CC(C)(C)NCc1nnc(-c2cccc(S(C)(=O)=O)c2)s1. The predicted molar refractivity (Wildman–Crippen MR) is 85.0 cm³/mol. The van der Waals surface area contributed by atoms with Crippen molar-refractivity contribution in [2.24, 2.45) is 0 Å². The van der Waals surface area contributed by atoms with Crippen LogP contribution < -0.4 is 5.32 Å². The van der Waals surface area contributed by atoms with E-state index in [2.05, 4.69) is 36.3 Å². The van der Waals surface area contributed by atoms with Crippen LogP contribution in [0.5, 0.6) is 0 Å². The summed E-state index contributed by atoms with van der Waals surface area (Å²) in [6.45, 7) is 6.91. The predicted octanol–water partition coefficient (Wildman–Crippen LogP) is 2.50. The van der Waals surface area contributed by atoms with Gasteiger partial charge in [-0.15, -0.1) is 10.2 Å². The van der Waals surface area contributed by atoms with Crippen molar-refractivity contribution >= 4 is 21.2 Å². The average molecular weight is 325 g/mol. The van der Waals surface area contributed by atoms with Crippen LogP contribution in [-0.2, 0) is 16.4 Å². The third-order valence-electron chi connectivity index (χ3n) is 2.75. The van der Waals surface area contributed by atoms with Crippen LogP contribution in [-0.4, -0.2) is 30.4 Å². The highest BCUT2D eigenvalue weighted by atomic mass is 32.2. The van der Waals surface area contributed by atoms with Gasteiger partial charge in [-0.25, -0.2) is 8.42 Å². The second kappa shape index (κ2) is 5.82. The number of sulfone groups is 1. The van der Waals surface area contributed by atoms with Crippen LogP contribution in [0.3, 0.4) is 0 Å². The maximum atomic E-state index is 11.6. The van der Waals surface area contributed by atoms with Gasteiger partial charge in [0.05, 0.1) is 11.4 Å². The van der Waals surface area contributed by atoms with E-state index in [1.165, 1.54) is 17.6 Å². The molecule has 2 rings (SSSR count). The number of rotatable bonds is 4. The zero-order valence-electron chi connectivity index (χ0n) is 12.5. The van der Waals surface area contributed by atoms with E-state index in [0.717, 1.165) is 15.6 Å². The fraction of sp³-hybridized carbons (Fsp3) is 0.429. The molecule has 2 aromatic rings. The minimum absolute atomic E-state index is 0.0159. The average Bonchev–Trinajstić information content (AvgIpc) is 2.83. The van der Waals surface area contributed by atoms with Crippen molar-refractivity contribution in [2.75, 3.05) is 6.26 Å². The van der Waals surface area contributed by atoms with Gasteiger partial charge in [-0.3, -0.25) is 0 Å². The maximum Gasteiger partial charge on any atom is 0.175 e. The monoisotopic (exact) mass is 325 g/mol. The highest BCUT2D eigenvalue weighted by molar-refractivity contribution is 7.90. The Morgan fingerprint density at radius 2 is 1.95 bits per heavy atom. The molecular formula is C14H19N3O2S2. The van der Waals surface area contributed by atoms with Crippen molar-refractivity contribution in [3.8, 4) is 10.6 Å². The van der Waals surface area contributed by atoms with E-state index in [9.17, 15) is 8.42 Å². The highest BCUT2D eigenvalue weighted by Gasteiger charge is 2.13. The molecule has 0 bridgehead atoms. The molecule has 0 spiro atoms. The smallest absolute Gasteiger partial charge is 0.175 e. The number of nitrogens with zero attached hydrogens (tertiary/aromatic N) is 2. The van der Waals surface area contributed by atoms with E-state index in [-0.39, 0.29) is 5.54 Å². The highest BCUT2D eigenvalue weighted by Crippen LogP contribution is 2.25. The van der Waals surface area contributed by atoms with Crippen molar-refractivity contribution in [1.82, 2.24) is 15.5 Å². The molecule has 0 fully saturated rings. The molecule has 21 heavy (non-hydrogen) atoms. The zero-order chi connectivity index (χ0) is 15.7. The lowest BCUT2D eigenvalue weighted by molar-refractivity contribution is 0.423. The first-order valence-corrected chi connectivity index (χ1v) is 9.24. The molecule has 5 nitrogen and oxygen atoms in total. The Balaban J connectivity index is 2.22. The molecule has 7 heteroatoms. The molecule has 0 amide bonds. The molecule has 1 aromatic heterocycles. The number of nitrogens with one attached hydrogen (secondary N) is 1.